The Balaban J connectivity index is 1.47. The third-order valence-electron chi connectivity index (χ3n) is 4.41. The fourth-order valence-corrected chi connectivity index (χ4v) is 3.93. The number of ether oxygens (including phenoxy) is 1. The Morgan fingerprint density at radius 1 is 1.36 bits per heavy atom. The van der Waals surface area contributed by atoms with Crippen molar-refractivity contribution in [2.75, 3.05) is 45.9 Å². The maximum atomic E-state index is 6.12. The predicted molar refractivity (Wildman–Crippen MR) is 91.2 cm³/mol. The molecular formula is C16H26N4OS. The van der Waals surface area contributed by atoms with Gasteiger partial charge < -0.3 is 15.4 Å². The second-order valence-corrected chi connectivity index (χ2v) is 7.15. The molecule has 6 heteroatoms. The Morgan fingerprint density at radius 2 is 2.23 bits per heavy atom. The van der Waals surface area contributed by atoms with Gasteiger partial charge in [0.2, 0.25) is 0 Å². The van der Waals surface area contributed by atoms with Crippen LogP contribution in [0.25, 0.3) is 0 Å². The third-order valence-corrected chi connectivity index (χ3v) is 5.27. The van der Waals surface area contributed by atoms with Crippen LogP contribution < -0.4 is 5.73 Å². The standard InChI is InChI=1S/C16H26N4OS/c17-16(20-6-8-21-9-7-20)18-11-14-3-1-5-19(12-14)13-15-4-2-10-22-15/h2,4,10,14H,1,3,5-9,11-13H2,(H2,17,18)/t14-/m0/s1. The minimum atomic E-state index is 0.633. The Hall–Kier alpha value is -1.11. The zero-order chi connectivity index (χ0) is 15.2. The SMILES string of the molecule is NC(=NC[C@@H]1CCCN(Cc2cccs2)C1)N1CCOCC1. The predicted octanol–water partition coefficient (Wildman–Crippen LogP) is 1.61. The first-order chi connectivity index (χ1) is 10.8. The first kappa shape index (κ1) is 15.8. The summed E-state index contributed by atoms with van der Waals surface area (Å²) in [6.07, 6.45) is 2.53. The molecule has 0 spiro atoms. The van der Waals surface area contributed by atoms with Crippen LogP contribution >= 0.6 is 11.3 Å². The number of hydrogen-bond donors (Lipinski definition) is 1. The lowest BCUT2D eigenvalue weighted by Crippen LogP contribution is -2.45. The Labute approximate surface area is 136 Å². The Kier molecular flexibility index (Phi) is 5.70. The smallest absolute Gasteiger partial charge is 0.191 e. The molecule has 0 bridgehead atoms. The van der Waals surface area contributed by atoms with Crippen LogP contribution in [0, 0.1) is 5.92 Å². The van der Waals surface area contributed by atoms with Crippen molar-refractivity contribution >= 4 is 17.3 Å². The number of guanidine groups is 1. The molecule has 2 N–H and O–H groups in total. The van der Waals surface area contributed by atoms with Gasteiger partial charge in [-0.1, -0.05) is 6.07 Å². The van der Waals surface area contributed by atoms with Crippen LogP contribution in [-0.2, 0) is 11.3 Å². The van der Waals surface area contributed by atoms with Gasteiger partial charge in [0.25, 0.3) is 0 Å². The van der Waals surface area contributed by atoms with Crippen molar-refractivity contribution in [3.63, 3.8) is 0 Å². The third kappa shape index (κ3) is 4.44. The quantitative estimate of drug-likeness (QED) is 0.676. The van der Waals surface area contributed by atoms with Gasteiger partial charge in [-0.2, -0.15) is 0 Å². The molecule has 1 aromatic heterocycles. The van der Waals surface area contributed by atoms with Crippen LogP contribution in [0.4, 0.5) is 0 Å². The molecule has 2 aliphatic heterocycles. The second kappa shape index (κ2) is 7.94. The summed E-state index contributed by atoms with van der Waals surface area (Å²) in [4.78, 5) is 10.8. The topological polar surface area (TPSA) is 54.1 Å². The molecule has 0 saturated carbocycles. The fourth-order valence-electron chi connectivity index (χ4n) is 3.18. The van der Waals surface area contributed by atoms with E-state index in [1.807, 2.05) is 11.3 Å². The molecule has 5 nitrogen and oxygen atoms in total. The lowest BCUT2D eigenvalue weighted by Gasteiger charge is -2.32. The molecular weight excluding hydrogens is 296 g/mol. The molecule has 3 rings (SSSR count). The zero-order valence-corrected chi connectivity index (χ0v) is 13.9. The first-order valence-electron chi connectivity index (χ1n) is 8.18. The van der Waals surface area contributed by atoms with Gasteiger partial charge in [0.1, 0.15) is 0 Å². The molecule has 0 aromatic carbocycles. The van der Waals surface area contributed by atoms with Gasteiger partial charge in [-0.15, -0.1) is 11.3 Å². The van der Waals surface area contributed by atoms with Gasteiger partial charge in [0, 0.05) is 37.6 Å². The van der Waals surface area contributed by atoms with E-state index in [0.717, 1.165) is 45.9 Å². The lowest BCUT2D eigenvalue weighted by atomic mass is 9.98. The van der Waals surface area contributed by atoms with Crippen LogP contribution in [0.1, 0.15) is 17.7 Å². The van der Waals surface area contributed by atoms with Gasteiger partial charge >= 0.3 is 0 Å². The number of morpholine rings is 1. The highest BCUT2D eigenvalue weighted by Crippen LogP contribution is 2.20. The number of thiophene rings is 1. The highest BCUT2D eigenvalue weighted by Gasteiger charge is 2.20. The van der Waals surface area contributed by atoms with E-state index in [1.54, 1.807) is 0 Å². The van der Waals surface area contributed by atoms with Gasteiger partial charge in [0.15, 0.2) is 5.96 Å². The summed E-state index contributed by atoms with van der Waals surface area (Å²) in [6, 6.07) is 4.36. The van der Waals surface area contributed by atoms with E-state index in [4.69, 9.17) is 10.5 Å². The lowest BCUT2D eigenvalue weighted by molar-refractivity contribution is 0.0673. The summed E-state index contributed by atoms with van der Waals surface area (Å²) in [5.74, 6) is 1.33. The second-order valence-electron chi connectivity index (χ2n) is 6.12. The summed E-state index contributed by atoms with van der Waals surface area (Å²) < 4.78 is 5.35. The summed E-state index contributed by atoms with van der Waals surface area (Å²) in [5, 5.41) is 2.16. The minimum Gasteiger partial charge on any atom is -0.378 e. The number of hydrogen-bond acceptors (Lipinski definition) is 4. The average Bonchev–Trinajstić information content (AvgIpc) is 3.07. The molecule has 0 unspecified atom stereocenters. The average molecular weight is 322 g/mol. The van der Waals surface area contributed by atoms with E-state index < -0.39 is 0 Å². The molecule has 2 fully saturated rings. The molecule has 122 valence electrons. The molecule has 0 aliphatic carbocycles. The highest BCUT2D eigenvalue weighted by atomic mass is 32.1. The van der Waals surface area contributed by atoms with E-state index >= 15 is 0 Å². The van der Waals surface area contributed by atoms with Crippen molar-refractivity contribution in [3.8, 4) is 0 Å². The maximum absolute atomic E-state index is 6.12. The molecule has 1 aromatic rings. The number of aliphatic imine (C=N–C) groups is 1. The summed E-state index contributed by atoms with van der Waals surface area (Å²) in [6.45, 7) is 7.52. The van der Waals surface area contributed by atoms with Crippen molar-refractivity contribution in [1.29, 1.82) is 0 Å². The fraction of sp³-hybridized carbons (Fsp3) is 0.688. The van der Waals surface area contributed by atoms with E-state index in [9.17, 15) is 0 Å². The van der Waals surface area contributed by atoms with Crippen LogP contribution in [-0.4, -0.2) is 61.7 Å². The van der Waals surface area contributed by atoms with Gasteiger partial charge in [0.05, 0.1) is 13.2 Å². The van der Waals surface area contributed by atoms with Crippen molar-refractivity contribution in [1.82, 2.24) is 9.80 Å². The minimum absolute atomic E-state index is 0.633. The van der Waals surface area contributed by atoms with E-state index in [2.05, 4.69) is 32.3 Å². The van der Waals surface area contributed by atoms with Gasteiger partial charge in [-0.25, -0.2) is 0 Å². The van der Waals surface area contributed by atoms with Crippen molar-refractivity contribution in [2.24, 2.45) is 16.6 Å². The first-order valence-corrected chi connectivity index (χ1v) is 9.06. The molecule has 22 heavy (non-hydrogen) atoms. The molecule has 3 heterocycles. The van der Waals surface area contributed by atoms with Crippen molar-refractivity contribution in [3.05, 3.63) is 22.4 Å². The molecule has 2 aliphatic rings. The maximum Gasteiger partial charge on any atom is 0.191 e. The van der Waals surface area contributed by atoms with E-state index in [-0.39, 0.29) is 0 Å². The van der Waals surface area contributed by atoms with E-state index in [1.165, 1.54) is 24.3 Å². The van der Waals surface area contributed by atoms with Crippen molar-refractivity contribution in [2.45, 2.75) is 19.4 Å². The summed E-state index contributed by atoms with van der Waals surface area (Å²) in [7, 11) is 0. The number of likely N-dealkylation sites (tertiary alicyclic amines) is 1. The summed E-state index contributed by atoms with van der Waals surface area (Å²) in [5.41, 5.74) is 6.12. The van der Waals surface area contributed by atoms with E-state index in [0.29, 0.717) is 11.9 Å². The zero-order valence-electron chi connectivity index (χ0n) is 13.1. The monoisotopic (exact) mass is 322 g/mol. The largest absolute Gasteiger partial charge is 0.378 e. The molecule has 0 amide bonds. The van der Waals surface area contributed by atoms with Crippen LogP contribution in [0.15, 0.2) is 22.5 Å². The Morgan fingerprint density at radius 3 is 3.00 bits per heavy atom. The number of rotatable bonds is 4. The summed E-state index contributed by atoms with van der Waals surface area (Å²) >= 11 is 1.85. The molecule has 0 radical (unpaired) electrons. The Bertz CT molecular complexity index is 471. The normalized spacial score (nSPS) is 24.6. The molecule has 1 atom stereocenters. The van der Waals surface area contributed by atoms with Crippen LogP contribution in [0.2, 0.25) is 0 Å². The highest BCUT2D eigenvalue weighted by molar-refractivity contribution is 7.09. The van der Waals surface area contributed by atoms with Crippen molar-refractivity contribution < 1.29 is 4.74 Å². The van der Waals surface area contributed by atoms with Gasteiger partial charge in [-0.3, -0.25) is 9.89 Å². The van der Waals surface area contributed by atoms with Crippen LogP contribution in [0.3, 0.4) is 0 Å². The number of nitrogens with two attached hydrogens (primary N) is 1. The van der Waals surface area contributed by atoms with Crippen LogP contribution in [0.5, 0.6) is 0 Å². The number of piperidine rings is 1. The molecule has 2 saturated heterocycles. The number of nitrogens with zero attached hydrogens (tertiary/aromatic N) is 3. The van der Waals surface area contributed by atoms with Gasteiger partial charge in [-0.05, 0) is 36.8 Å².